The summed E-state index contributed by atoms with van der Waals surface area (Å²) in [6.07, 6.45) is 3.37. The van der Waals surface area contributed by atoms with Crippen LogP contribution in [0.4, 0.5) is 0 Å². The summed E-state index contributed by atoms with van der Waals surface area (Å²) in [5.74, 6) is 0.487. The van der Waals surface area contributed by atoms with Crippen LogP contribution in [0.3, 0.4) is 0 Å². The van der Waals surface area contributed by atoms with Crippen molar-refractivity contribution in [1.82, 2.24) is 15.2 Å². The van der Waals surface area contributed by atoms with E-state index in [1.807, 2.05) is 30.0 Å². The van der Waals surface area contributed by atoms with Gasteiger partial charge in [-0.2, -0.15) is 5.10 Å². The molecule has 0 radical (unpaired) electrons. The molecule has 6 heteroatoms. The van der Waals surface area contributed by atoms with Gasteiger partial charge in [-0.15, -0.1) is 16.9 Å². The number of ether oxygens (including phenoxy) is 1. The van der Waals surface area contributed by atoms with Gasteiger partial charge in [-0.25, -0.2) is 9.78 Å². The average molecular weight is 303 g/mol. The van der Waals surface area contributed by atoms with E-state index in [1.165, 1.54) is 4.90 Å². The highest BCUT2D eigenvalue weighted by molar-refractivity contribution is 7.99. The molecule has 1 heterocycles. The number of rotatable bonds is 7. The molecule has 1 aromatic carbocycles. The molecule has 0 N–H and O–H groups in total. The molecule has 2 aromatic rings. The number of nitrogens with zero attached hydrogens (tertiary/aromatic N) is 3. The molecule has 0 spiro atoms. The fraction of sp³-hybridized carbons (Fsp3) is 0.333. The van der Waals surface area contributed by atoms with Gasteiger partial charge in [0.2, 0.25) is 0 Å². The van der Waals surface area contributed by atoms with E-state index < -0.39 is 5.97 Å². The Morgan fingerprint density at radius 3 is 2.71 bits per heavy atom. The molecule has 0 aliphatic heterocycles. The van der Waals surface area contributed by atoms with E-state index in [0.29, 0.717) is 6.61 Å². The number of thioether (sulfide) groups is 1. The topological polar surface area (TPSA) is 65.0 Å². The lowest BCUT2D eigenvalue weighted by Gasteiger charge is -2.02. The van der Waals surface area contributed by atoms with E-state index in [1.54, 1.807) is 13.1 Å². The van der Waals surface area contributed by atoms with Gasteiger partial charge in [0.05, 0.1) is 18.5 Å². The van der Waals surface area contributed by atoms with Gasteiger partial charge in [-0.05, 0) is 37.7 Å². The van der Waals surface area contributed by atoms with Gasteiger partial charge in [-0.3, -0.25) is 0 Å². The molecular formula is C15H17N3O2S. The van der Waals surface area contributed by atoms with Gasteiger partial charge in [0.1, 0.15) is 0 Å². The molecule has 0 aliphatic rings. The van der Waals surface area contributed by atoms with E-state index in [9.17, 15) is 4.79 Å². The molecule has 0 unspecified atom stereocenters. The van der Waals surface area contributed by atoms with Crippen LogP contribution in [0, 0.1) is 0 Å². The Morgan fingerprint density at radius 2 is 2.05 bits per heavy atom. The highest BCUT2D eigenvalue weighted by Gasteiger charge is 2.10. The second kappa shape index (κ2) is 8.36. The Hall–Kier alpha value is -1.95. The van der Waals surface area contributed by atoms with Crippen molar-refractivity contribution >= 4 is 17.7 Å². The maximum atomic E-state index is 11.4. The number of carbonyl (C=O) groups excluding carboxylic acids is 1. The van der Waals surface area contributed by atoms with Crippen molar-refractivity contribution in [1.29, 1.82) is 0 Å². The zero-order valence-corrected chi connectivity index (χ0v) is 12.7. The van der Waals surface area contributed by atoms with E-state index in [-0.39, 0.29) is 5.82 Å². The fourth-order valence-electron chi connectivity index (χ4n) is 1.66. The molecule has 0 bridgehead atoms. The largest absolute Gasteiger partial charge is 0.460 e. The minimum Gasteiger partial charge on any atom is -0.460 e. The monoisotopic (exact) mass is 303 g/mol. The molecule has 0 aliphatic carbocycles. The summed E-state index contributed by atoms with van der Waals surface area (Å²) in [7, 11) is 0. The molecule has 21 heavy (non-hydrogen) atoms. The van der Waals surface area contributed by atoms with E-state index in [0.717, 1.165) is 24.3 Å². The first-order chi connectivity index (χ1) is 10.3. The van der Waals surface area contributed by atoms with E-state index in [4.69, 9.17) is 4.74 Å². The van der Waals surface area contributed by atoms with Gasteiger partial charge in [-0.1, -0.05) is 18.2 Å². The van der Waals surface area contributed by atoms with E-state index >= 15 is 0 Å². The second-order valence-corrected chi connectivity index (χ2v) is 5.43. The van der Waals surface area contributed by atoms with Crippen LogP contribution in [0.1, 0.15) is 29.7 Å². The highest BCUT2D eigenvalue weighted by Crippen LogP contribution is 2.18. The molecule has 0 fully saturated rings. The number of benzene rings is 1. The smallest absolute Gasteiger partial charge is 0.378 e. The maximum absolute atomic E-state index is 11.4. The third-order valence-electron chi connectivity index (χ3n) is 2.66. The minimum absolute atomic E-state index is 0.0132. The van der Waals surface area contributed by atoms with Crippen molar-refractivity contribution in [3.63, 3.8) is 0 Å². The van der Waals surface area contributed by atoms with Crippen molar-refractivity contribution in [3.8, 4) is 0 Å². The van der Waals surface area contributed by atoms with Crippen molar-refractivity contribution in [2.45, 2.75) is 24.7 Å². The van der Waals surface area contributed by atoms with Crippen LogP contribution in [0.25, 0.3) is 0 Å². The number of hydrogen-bond donors (Lipinski definition) is 0. The molecule has 5 nitrogen and oxygen atoms in total. The summed E-state index contributed by atoms with van der Waals surface area (Å²) in [6, 6.07) is 10.3. The Bertz CT molecular complexity index is 561. The summed E-state index contributed by atoms with van der Waals surface area (Å²) in [5, 5.41) is 7.80. The Labute approximate surface area is 128 Å². The molecule has 0 atom stereocenters. The second-order valence-electron chi connectivity index (χ2n) is 4.26. The van der Waals surface area contributed by atoms with Gasteiger partial charge in [0.25, 0.3) is 5.82 Å². The fourth-order valence-corrected chi connectivity index (χ4v) is 2.54. The lowest BCUT2D eigenvalue weighted by molar-refractivity contribution is 0.0510. The molecule has 110 valence electrons. The number of aryl methyl sites for hydroxylation is 1. The first-order valence-electron chi connectivity index (χ1n) is 6.83. The summed E-state index contributed by atoms with van der Waals surface area (Å²) < 4.78 is 4.81. The first-order valence-corrected chi connectivity index (χ1v) is 7.81. The van der Waals surface area contributed by atoms with Gasteiger partial charge in [0.15, 0.2) is 0 Å². The van der Waals surface area contributed by atoms with Crippen molar-refractivity contribution in [3.05, 3.63) is 48.0 Å². The number of carbonyl (C=O) groups is 1. The molecular weight excluding hydrogens is 286 g/mol. The Kier molecular flexibility index (Phi) is 6.15. The van der Waals surface area contributed by atoms with Crippen LogP contribution >= 0.6 is 11.8 Å². The normalized spacial score (nSPS) is 10.3. The highest BCUT2D eigenvalue weighted by atomic mass is 32.2. The van der Waals surface area contributed by atoms with Crippen LogP contribution in [-0.4, -0.2) is 33.5 Å². The maximum Gasteiger partial charge on any atom is 0.378 e. The van der Waals surface area contributed by atoms with Gasteiger partial charge in [0, 0.05) is 4.90 Å². The predicted molar refractivity (Wildman–Crippen MR) is 81.3 cm³/mol. The van der Waals surface area contributed by atoms with Crippen LogP contribution in [0.2, 0.25) is 0 Å². The molecule has 0 saturated heterocycles. The van der Waals surface area contributed by atoms with Crippen molar-refractivity contribution in [2.75, 3.05) is 12.4 Å². The minimum atomic E-state index is -0.531. The van der Waals surface area contributed by atoms with Crippen LogP contribution in [0.15, 0.2) is 41.4 Å². The molecule has 2 rings (SSSR count). The summed E-state index contributed by atoms with van der Waals surface area (Å²) >= 11 is 1.81. The molecule has 0 amide bonds. The van der Waals surface area contributed by atoms with Gasteiger partial charge < -0.3 is 4.74 Å². The molecule has 0 saturated carbocycles. The first kappa shape index (κ1) is 15.4. The Morgan fingerprint density at radius 1 is 1.24 bits per heavy atom. The summed E-state index contributed by atoms with van der Waals surface area (Å²) in [5.41, 5.74) is 0.789. The number of hydrogen-bond acceptors (Lipinski definition) is 6. The third-order valence-corrected chi connectivity index (χ3v) is 3.75. The summed E-state index contributed by atoms with van der Waals surface area (Å²) in [4.78, 5) is 16.6. The van der Waals surface area contributed by atoms with Crippen molar-refractivity contribution in [2.24, 2.45) is 0 Å². The number of aromatic nitrogens is 3. The summed E-state index contributed by atoms with van der Waals surface area (Å²) in [6.45, 7) is 2.05. The Balaban J connectivity index is 1.75. The lowest BCUT2D eigenvalue weighted by atomic mass is 10.3. The quantitative estimate of drug-likeness (QED) is 0.445. The SMILES string of the molecule is CCOC(=O)c1ncc(CCCSc2ccccc2)nn1. The lowest BCUT2D eigenvalue weighted by Crippen LogP contribution is -2.11. The average Bonchev–Trinajstić information content (AvgIpc) is 2.53. The standard InChI is InChI=1S/C15H17N3O2S/c1-2-20-15(19)14-16-11-12(17-18-14)7-6-10-21-13-8-4-3-5-9-13/h3-5,8-9,11H,2,6-7,10H2,1H3. The molecule has 1 aromatic heterocycles. The van der Waals surface area contributed by atoms with Crippen molar-refractivity contribution < 1.29 is 9.53 Å². The zero-order valence-electron chi connectivity index (χ0n) is 11.9. The predicted octanol–water partition coefficient (Wildman–Crippen LogP) is 2.77. The third kappa shape index (κ3) is 5.15. The number of esters is 1. The van der Waals surface area contributed by atoms with E-state index in [2.05, 4.69) is 27.3 Å². The van der Waals surface area contributed by atoms with Crippen LogP contribution in [-0.2, 0) is 11.2 Å². The van der Waals surface area contributed by atoms with Crippen LogP contribution < -0.4 is 0 Å². The van der Waals surface area contributed by atoms with Crippen LogP contribution in [0.5, 0.6) is 0 Å². The van der Waals surface area contributed by atoms with Gasteiger partial charge >= 0.3 is 5.97 Å². The zero-order chi connectivity index (χ0) is 14.9.